The molecule has 28 heavy (non-hydrogen) atoms. The normalized spacial score (nSPS) is 11.9. The predicted molar refractivity (Wildman–Crippen MR) is 103 cm³/mol. The van der Waals surface area contributed by atoms with Crippen molar-refractivity contribution in [3.63, 3.8) is 0 Å². The maximum absolute atomic E-state index is 12.3. The highest BCUT2D eigenvalue weighted by atomic mass is 16.4. The van der Waals surface area contributed by atoms with Gasteiger partial charge in [0.1, 0.15) is 34.3 Å². The standard InChI is InChI=1S/C21H24O7/c1-9(2)6-7-13-18(24)16(20(26)17(12(5)22)19(13)25)11(4)15-14(23)8-10(3)28-21(15)27/h6,8,11,23-26H,7H2,1-5H3. The zero-order valence-electron chi connectivity index (χ0n) is 16.5. The van der Waals surface area contributed by atoms with Crippen molar-refractivity contribution in [3.8, 4) is 23.0 Å². The van der Waals surface area contributed by atoms with Crippen LogP contribution < -0.4 is 5.63 Å². The minimum Gasteiger partial charge on any atom is -0.507 e. The van der Waals surface area contributed by atoms with Gasteiger partial charge in [-0.3, -0.25) is 4.79 Å². The molecule has 0 aliphatic rings. The summed E-state index contributed by atoms with van der Waals surface area (Å²) >= 11 is 0. The average molecular weight is 388 g/mol. The zero-order valence-corrected chi connectivity index (χ0v) is 16.5. The van der Waals surface area contributed by atoms with Crippen LogP contribution in [0.5, 0.6) is 23.0 Å². The monoisotopic (exact) mass is 388 g/mol. The summed E-state index contributed by atoms with van der Waals surface area (Å²) in [4.78, 5) is 24.3. The highest BCUT2D eigenvalue weighted by molar-refractivity contribution is 6.01. The second-order valence-corrected chi connectivity index (χ2v) is 7.02. The molecule has 0 saturated carbocycles. The molecule has 0 saturated heterocycles. The van der Waals surface area contributed by atoms with Crippen molar-refractivity contribution < 1.29 is 29.6 Å². The maximum atomic E-state index is 12.3. The molecule has 1 unspecified atom stereocenters. The molecule has 0 aliphatic heterocycles. The van der Waals surface area contributed by atoms with E-state index in [1.54, 1.807) is 6.08 Å². The number of hydrogen-bond donors (Lipinski definition) is 4. The molecule has 1 aromatic carbocycles. The lowest BCUT2D eigenvalue weighted by Crippen LogP contribution is -2.14. The second kappa shape index (κ2) is 7.80. The number of phenols is 3. The van der Waals surface area contributed by atoms with Gasteiger partial charge in [0.05, 0.1) is 5.56 Å². The molecule has 7 nitrogen and oxygen atoms in total. The van der Waals surface area contributed by atoms with Crippen molar-refractivity contribution in [2.24, 2.45) is 0 Å². The first-order chi connectivity index (χ1) is 13.0. The summed E-state index contributed by atoms with van der Waals surface area (Å²) in [5, 5.41) is 42.1. The van der Waals surface area contributed by atoms with Crippen LogP contribution in [-0.2, 0) is 6.42 Å². The Kier molecular flexibility index (Phi) is 5.87. The SMILES string of the molecule is CC(=O)c1c(O)c(CC=C(C)C)c(O)c(C(C)c2c(O)cc(C)oc2=O)c1O. The van der Waals surface area contributed by atoms with Crippen molar-refractivity contribution in [1.29, 1.82) is 0 Å². The smallest absolute Gasteiger partial charge is 0.343 e. The molecule has 0 amide bonds. The van der Waals surface area contributed by atoms with Gasteiger partial charge in [-0.15, -0.1) is 0 Å². The predicted octanol–water partition coefficient (Wildman–Crippen LogP) is 3.63. The van der Waals surface area contributed by atoms with E-state index in [2.05, 4.69) is 0 Å². The van der Waals surface area contributed by atoms with E-state index in [9.17, 15) is 30.0 Å². The Balaban J connectivity index is 2.85. The van der Waals surface area contributed by atoms with E-state index in [1.807, 2.05) is 13.8 Å². The molecule has 2 aromatic rings. The number of aromatic hydroxyl groups is 4. The van der Waals surface area contributed by atoms with Crippen LogP contribution in [0.15, 0.2) is 26.9 Å². The minimum atomic E-state index is -1.01. The number of hydrogen-bond acceptors (Lipinski definition) is 7. The topological polar surface area (TPSA) is 128 Å². The van der Waals surface area contributed by atoms with Crippen molar-refractivity contribution in [1.82, 2.24) is 0 Å². The molecule has 7 heteroatoms. The Morgan fingerprint density at radius 3 is 2.18 bits per heavy atom. The Bertz CT molecular complexity index is 1020. The largest absolute Gasteiger partial charge is 0.507 e. The summed E-state index contributed by atoms with van der Waals surface area (Å²) in [6, 6.07) is 1.25. The zero-order chi connectivity index (χ0) is 21.3. The first-order valence-corrected chi connectivity index (χ1v) is 8.74. The summed E-state index contributed by atoms with van der Waals surface area (Å²) < 4.78 is 5.02. The lowest BCUT2D eigenvalue weighted by molar-refractivity contribution is 0.101. The molecule has 4 N–H and O–H groups in total. The molecule has 2 rings (SSSR count). The van der Waals surface area contributed by atoms with Crippen molar-refractivity contribution in [2.45, 2.75) is 47.0 Å². The fourth-order valence-electron chi connectivity index (χ4n) is 3.18. The molecular weight excluding hydrogens is 364 g/mol. The average Bonchev–Trinajstić information content (AvgIpc) is 2.52. The van der Waals surface area contributed by atoms with Gasteiger partial charge in [0.15, 0.2) is 5.78 Å². The van der Waals surface area contributed by atoms with Crippen molar-refractivity contribution >= 4 is 5.78 Å². The number of benzene rings is 1. The Hall–Kier alpha value is -3.22. The Morgan fingerprint density at radius 1 is 1.07 bits per heavy atom. The number of phenolic OH excluding ortho intramolecular Hbond substituents is 3. The fourth-order valence-corrected chi connectivity index (χ4v) is 3.18. The molecular formula is C21H24O7. The highest BCUT2D eigenvalue weighted by Crippen LogP contribution is 2.48. The second-order valence-electron chi connectivity index (χ2n) is 7.02. The summed E-state index contributed by atoms with van der Waals surface area (Å²) in [5.74, 6) is -3.39. The van der Waals surface area contributed by atoms with E-state index < -0.39 is 34.6 Å². The first kappa shape index (κ1) is 21.1. The van der Waals surface area contributed by atoms with E-state index in [0.717, 1.165) is 5.57 Å². The molecule has 1 atom stereocenters. The van der Waals surface area contributed by atoms with Gasteiger partial charge in [-0.2, -0.15) is 0 Å². The number of ketones is 1. The van der Waals surface area contributed by atoms with Crippen LogP contribution in [0.2, 0.25) is 0 Å². The fraction of sp³-hybridized carbons (Fsp3) is 0.333. The van der Waals surface area contributed by atoms with Gasteiger partial charge in [-0.25, -0.2) is 4.79 Å². The molecule has 0 fully saturated rings. The molecule has 0 bridgehead atoms. The van der Waals surface area contributed by atoms with Gasteiger partial charge in [0, 0.05) is 23.1 Å². The van der Waals surface area contributed by atoms with Crippen LogP contribution in [0.3, 0.4) is 0 Å². The maximum Gasteiger partial charge on any atom is 0.343 e. The highest BCUT2D eigenvalue weighted by Gasteiger charge is 2.31. The third-order valence-corrected chi connectivity index (χ3v) is 4.58. The lowest BCUT2D eigenvalue weighted by atomic mass is 9.86. The number of aryl methyl sites for hydroxylation is 1. The number of rotatable bonds is 5. The van der Waals surface area contributed by atoms with E-state index in [4.69, 9.17) is 4.42 Å². The van der Waals surface area contributed by atoms with Gasteiger partial charge < -0.3 is 24.8 Å². The number of carbonyl (C=O) groups is 1. The van der Waals surface area contributed by atoms with Crippen molar-refractivity contribution in [2.75, 3.05) is 0 Å². The van der Waals surface area contributed by atoms with Crippen LogP contribution >= 0.6 is 0 Å². The van der Waals surface area contributed by atoms with Gasteiger partial charge in [-0.1, -0.05) is 18.6 Å². The van der Waals surface area contributed by atoms with Crippen LogP contribution in [0.4, 0.5) is 0 Å². The van der Waals surface area contributed by atoms with E-state index in [0.29, 0.717) is 0 Å². The van der Waals surface area contributed by atoms with Crippen molar-refractivity contribution in [3.05, 3.63) is 56.1 Å². The van der Waals surface area contributed by atoms with Gasteiger partial charge in [0.25, 0.3) is 0 Å². The molecule has 1 aromatic heterocycles. The van der Waals surface area contributed by atoms with Gasteiger partial charge in [-0.05, 0) is 34.1 Å². The molecule has 150 valence electrons. The molecule has 0 aliphatic carbocycles. The lowest BCUT2D eigenvalue weighted by Gasteiger charge is -2.21. The van der Waals surface area contributed by atoms with Crippen LogP contribution in [0.1, 0.15) is 66.4 Å². The van der Waals surface area contributed by atoms with E-state index >= 15 is 0 Å². The Labute approximate surface area is 162 Å². The summed E-state index contributed by atoms with van der Waals surface area (Å²) in [6.45, 7) is 7.81. The minimum absolute atomic E-state index is 0.0436. The third-order valence-electron chi connectivity index (χ3n) is 4.58. The first-order valence-electron chi connectivity index (χ1n) is 8.74. The quantitative estimate of drug-likeness (QED) is 0.455. The van der Waals surface area contributed by atoms with Gasteiger partial charge >= 0.3 is 5.63 Å². The van der Waals surface area contributed by atoms with Crippen LogP contribution in [-0.4, -0.2) is 26.2 Å². The van der Waals surface area contributed by atoms with Gasteiger partial charge in [0.2, 0.25) is 0 Å². The third kappa shape index (κ3) is 3.74. The van der Waals surface area contributed by atoms with E-state index in [-0.39, 0.29) is 40.2 Å². The Morgan fingerprint density at radius 2 is 1.68 bits per heavy atom. The summed E-state index contributed by atoms with van der Waals surface area (Å²) in [5.41, 5.74) is -0.541. The molecule has 0 radical (unpaired) electrons. The molecule has 0 spiro atoms. The van der Waals surface area contributed by atoms with E-state index in [1.165, 1.54) is 26.8 Å². The number of Topliss-reactive ketones (excluding diaryl/α,β-unsaturated/α-hetero) is 1. The number of carbonyl (C=O) groups excluding carboxylic acids is 1. The van der Waals surface area contributed by atoms with Crippen LogP contribution in [0.25, 0.3) is 0 Å². The summed E-state index contributed by atoms with van der Waals surface area (Å²) in [6.07, 6.45) is 1.84. The molecule has 1 heterocycles. The summed E-state index contributed by atoms with van der Waals surface area (Å²) in [7, 11) is 0. The number of allylic oxidation sites excluding steroid dienone is 2. The van der Waals surface area contributed by atoms with Crippen LogP contribution in [0, 0.1) is 6.92 Å².